The normalized spacial score (nSPS) is 12.3. The van der Waals surface area contributed by atoms with Crippen molar-refractivity contribution in [3.8, 4) is 5.75 Å². The van der Waals surface area contributed by atoms with Crippen molar-refractivity contribution < 1.29 is 9.15 Å². The molecular weight excluding hydrogens is 250 g/mol. The third-order valence-corrected chi connectivity index (χ3v) is 3.48. The Labute approximate surface area is 121 Å². The van der Waals surface area contributed by atoms with Crippen molar-refractivity contribution in [2.24, 2.45) is 0 Å². The molecule has 1 atom stereocenters. The molecule has 0 saturated heterocycles. The molecule has 1 aromatic heterocycles. The molecule has 1 heterocycles. The van der Waals surface area contributed by atoms with Crippen LogP contribution in [0.4, 0.5) is 0 Å². The molecule has 3 nitrogen and oxygen atoms in total. The number of para-hydroxylation sites is 1. The van der Waals surface area contributed by atoms with E-state index in [0.717, 1.165) is 37.3 Å². The van der Waals surface area contributed by atoms with Gasteiger partial charge in [0.15, 0.2) is 0 Å². The third kappa shape index (κ3) is 4.42. The lowest BCUT2D eigenvalue weighted by Gasteiger charge is -2.14. The molecule has 108 valence electrons. The van der Waals surface area contributed by atoms with Gasteiger partial charge in [-0.25, -0.2) is 0 Å². The van der Waals surface area contributed by atoms with E-state index in [1.165, 1.54) is 5.56 Å². The first-order valence-electron chi connectivity index (χ1n) is 7.17. The summed E-state index contributed by atoms with van der Waals surface area (Å²) in [5, 5.41) is 3.55. The Morgan fingerprint density at radius 3 is 2.75 bits per heavy atom. The summed E-state index contributed by atoms with van der Waals surface area (Å²) >= 11 is 0. The first kappa shape index (κ1) is 14.7. The summed E-state index contributed by atoms with van der Waals surface area (Å²) in [5.74, 6) is 2.03. The Balaban J connectivity index is 1.69. The molecule has 0 radical (unpaired) electrons. The molecule has 0 aliphatic heterocycles. The van der Waals surface area contributed by atoms with Gasteiger partial charge >= 0.3 is 0 Å². The summed E-state index contributed by atoms with van der Waals surface area (Å²) in [4.78, 5) is 0. The fourth-order valence-corrected chi connectivity index (χ4v) is 2.28. The maximum atomic E-state index is 5.36. The van der Waals surface area contributed by atoms with E-state index in [1.807, 2.05) is 24.3 Å². The van der Waals surface area contributed by atoms with Crippen LogP contribution in [0.25, 0.3) is 0 Å². The number of aryl methyl sites for hydroxylation is 1. The SMILES string of the molecule is COc1ccccc1CCNC(C)CCc1ccco1. The maximum Gasteiger partial charge on any atom is 0.122 e. The molecule has 0 amide bonds. The fraction of sp³-hybridized carbons (Fsp3) is 0.412. The Bertz CT molecular complexity index is 493. The van der Waals surface area contributed by atoms with E-state index in [0.29, 0.717) is 6.04 Å². The van der Waals surface area contributed by atoms with Crippen molar-refractivity contribution in [2.45, 2.75) is 32.2 Å². The van der Waals surface area contributed by atoms with Crippen molar-refractivity contribution in [1.82, 2.24) is 5.32 Å². The zero-order chi connectivity index (χ0) is 14.2. The first-order chi connectivity index (χ1) is 9.79. The number of furan rings is 1. The standard InChI is InChI=1S/C17H23NO2/c1-14(9-10-16-7-5-13-20-16)18-12-11-15-6-3-4-8-17(15)19-2/h3-8,13-14,18H,9-12H2,1-2H3. The quantitative estimate of drug-likeness (QED) is 0.800. The molecule has 1 unspecified atom stereocenters. The van der Waals surface area contributed by atoms with Crippen LogP contribution in [0.15, 0.2) is 47.1 Å². The van der Waals surface area contributed by atoms with Crippen molar-refractivity contribution in [3.63, 3.8) is 0 Å². The van der Waals surface area contributed by atoms with Crippen LogP contribution in [-0.2, 0) is 12.8 Å². The minimum Gasteiger partial charge on any atom is -0.496 e. The van der Waals surface area contributed by atoms with Crippen molar-refractivity contribution in [2.75, 3.05) is 13.7 Å². The Hall–Kier alpha value is -1.74. The van der Waals surface area contributed by atoms with E-state index < -0.39 is 0 Å². The highest BCUT2D eigenvalue weighted by atomic mass is 16.5. The number of methoxy groups -OCH3 is 1. The molecule has 0 saturated carbocycles. The van der Waals surface area contributed by atoms with Gasteiger partial charge in [0, 0.05) is 12.5 Å². The second-order valence-corrected chi connectivity index (χ2v) is 5.04. The molecule has 1 aromatic carbocycles. The Morgan fingerprint density at radius 2 is 2.00 bits per heavy atom. The van der Waals surface area contributed by atoms with E-state index in [2.05, 4.69) is 24.4 Å². The molecule has 1 N–H and O–H groups in total. The van der Waals surface area contributed by atoms with Crippen LogP contribution >= 0.6 is 0 Å². The van der Waals surface area contributed by atoms with Crippen LogP contribution in [0.2, 0.25) is 0 Å². The molecule has 0 fully saturated rings. The van der Waals surface area contributed by atoms with Gasteiger partial charge in [-0.3, -0.25) is 0 Å². The smallest absolute Gasteiger partial charge is 0.122 e. The van der Waals surface area contributed by atoms with Crippen LogP contribution in [-0.4, -0.2) is 19.7 Å². The summed E-state index contributed by atoms with van der Waals surface area (Å²) in [6.45, 7) is 3.17. The summed E-state index contributed by atoms with van der Waals surface area (Å²) in [5.41, 5.74) is 1.25. The van der Waals surface area contributed by atoms with Crippen LogP contribution in [0.1, 0.15) is 24.7 Å². The highest BCUT2D eigenvalue weighted by Gasteiger charge is 2.05. The molecule has 3 heteroatoms. The lowest BCUT2D eigenvalue weighted by Crippen LogP contribution is -2.28. The van der Waals surface area contributed by atoms with Gasteiger partial charge < -0.3 is 14.5 Å². The summed E-state index contributed by atoms with van der Waals surface area (Å²) in [6, 6.07) is 12.6. The van der Waals surface area contributed by atoms with Gasteiger partial charge in [0.2, 0.25) is 0 Å². The van der Waals surface area contributed by atoms with Gasteiger partial charge in [0.05, 0.1) is 13.4 Å². The minimum absolute atomic E-state index is 0.481. The number of nitrogens with one attached hydrogen (secondary N) is 1. The minimum atomic E-state index is 0.481. The van der Waals surface area contributed by atoms with Gasteiger partial charge in [0.1, 0.15) is 11.5 Å². The topological polar surface area (TPSA) is 34.4 Å². The molecule has 0 bridgehead atoms. The number of hydrogen-bond acceptors (Lipinski definition) is 3. The lowest BCUT2D eigenvalue weighted by molar-refractivity contribution is 0.407. The molecule has 0 aliphatic carbocycles. The largest absolute Gasteiger partial charge is 0.496 e. The number of benzene rings is 1. The molecule has 0 spiro atoms. The summed E-state index contributed by atoms with van der Waals surface area (Å²) < 4.78 is 10.7. The van der Waals surface area contributed by atoms with E-state index in [-0.39, 0.29) is 0 Å². The Morgan fingerprint density at radius 1 is 1.15 bits per heavy atom. The Kier molecular flexibility index (Phi) is 5.69. The maximum absolute atomic E-state index is 5.36. The predicted molar refractivity (Wildman–Crippen MR) is 81.2 cm³/mol. The number of ether oxygens (including phenoxy) is 1. The van der Waals surface area contributed by atoms with Gasteiger partial charge in [-0.2, -0.15) is 0 Å². The third-order valence-electron chi connectivity index (χ3n) is 3.48. The van der Waals surface area contributed by atoms with Crippen LogP contribution in [0.5, 0.6) is 5.75 Å². The zero-order valence-corrected chi connectivity index (χ0v) is 12.3. The highest BCUT2D eigenvalue weighted by molar-refractivity contribution is 5.33. The average molecular weight is 273 g/mol. The summed E-state index contributed by atoms with van der Waals surface area (Å²) in [7, 11) is 1.72. The lowest BCUT2D eigenvalue weighted by atomic mass is 10.1. The van der Waals surface area contributed by atoms with Crippen LogP contribution in [0, 0.1) is 0 Å². The van der Waals surface area contributed by atoms with Crippen molar-refractivity contribution in [3.05, 3.63) is 54.0 Å². The predicted octanol–water partition coefficient (Wildman–Crippen LogP) is 3.44. The van der Waals surface area contributed by atoms with Crippen molar-refractivity contribution in [1.29, 1.82) is 0 Å². The average Bonchev–Trinajstić information content (AvgIpc) is 2.99. The van der Waals surface area contributed by atoms with Gasteiger partial charge in [-0.1, -0.05) is 18.2 Å². The number of rotatable bonds is 8. The number of hydrogen-bond donors (Lipinski definition) is 1. The summed E-state index contributed by atoms with van der Waals surface area (Å²) in [6.07, 6.45) is 4.78. The zero-order valence-electron chi connectivity index (χ0n) is 12.3. The molecular formula is C17H23NO2. The van der Waals surface area contributed by atoms with E-state index in [4.69, 9.17) is 9.15 Å². The van der Waals surface area contributed by atoms with E-state index >= 15 is 0 Å². The first-order valence-corrected chi connectivity index (χ1v) is 7.17. The second kappa shape index (κ2) is 7.75. The van der Waals surface area contributed by atoms with Crippen LogP contribution in [0.3, 0.4) is 0 Å². The van der Waals surface area contributed by atoms with Gasteiger partial charge in [0.25, 0.3) is 0 Å². The highest BCUT2D eigenvalue weighted by Crippen LogP contribution is 2.17. The van der Waals surface area contributed by atoms with Gasteiger partial charge in [-0.05, 0) is 50.1 Å². The fourth-order valence-electron chi connectivity index (χ4n) is 2.28. The molecule has 2 rings (SSSR count). The van der Waals surface area contributed by atoms with E-state index in [9.17, 15) is 0 Å². The molecule has 0 aliphatic rings. The molecule has 20 heavy (non-hydrogen) atoms. The molecule has 2 aromatic rings. The van der Waals surface area contributed by atoms with E-state index in [1.54, 1.807) is 13.4 Å². The van der Waals surface area contributed by atoms with Crippen molar-refractivity contribution >= 4 is 0 Å². The van der Waals surface area contributed by atoms with Crippen LogP contribution < -0.4 is 10.1 Å². The van der Waals surface area contributed by atoms with Gasteiger partial charge in [-0.15, -0.1) is 0 Å². The monoisotopic (exact) mass is 273 g/mol. The second-order valence-electron chi connectivity index (χ2n) is 5.04.